The second-order valence-corrected chi connectivity index (χ2v) is 4.78. The van der Waals surface area contributed by atoms with Gasteiger partial charge in [0.15, 0.2) is 5.69 Å². The van der Waals surface area contributed by atoms with Crippen molar-refractivity contribution in [1.29, 1.82) is 0 Å². The number of nitrogens with two attached hydrogens (primary N) is 1. The van der Waals surface area contributed by atoms with E-state index in [0.29, 0.717) is 12.4 Å². The van der Waals surface area contributed by atoms with E-state index in [1.165, 1.54) is 0 Å². The Morgan fingerprint density at radius 2 is 2.39 bits per heavy atom. The molecule has 0 saturated heterocycles. The van der Waals surface area contributed by atoms with Gasteiger partial charge in [-0.15, -0.1) is 6.58 Å². The van der Waals surface area contributed by atoms with E-state index in [4.69, 9.17) is 10.5 Å². The predicted octanol–water partition coefficient (Wildman–Crippen LogP) is 1.87. The largest absolute Gasteiger partial charge is 0.461 e. The number of aryl methyl sites for hydroxylation is 1. The van der Waals surface area contributed by atoms with Crippen LogP contribution in [0, 0.1) is 6.92 Å². The van der Waals surface area contributed by atoms with Crippen LogP contribution in [-0.2, 0) is 11.3 Å². The van der Waals surface area contributed by atoms with Crippen LogP contribution in [0.1, 0.15) is 23.2 Å². The lowest BCUT2D eigenvalue weighted by Gasteiger charge is -2.06. The Hall–Kier alpha value is -1.43. The fourth-order valence-corrected chi connectivity index (χ4v) is 2.18. The molecule has 100 valence electrons. The molecule has 0 amide bonds. The number of nitrogen functional groups attached to an aromatic ring is 1. The number of hydrogen-bond acceptors (Lipinski definition) is 5. The summed E-state index contributed by atoms with van der Waals surface area (Å²) in [7, 11) is 0. The fraction of sp³-hybridized carbons (Fsp3) is 0.500. The first-order chi connectivity index (χ1) is 8.61. The number of ether oxygens (including phenoxy) is 1. The second-order valence-electron chi connectivity index (χ2n) is 3.63. The van der Waals surface area contributed by atoms with Crippen LogP contribution >= 0.6 is 11.8 Å². The summed E-state index contributed by atoms with van der Waals surface area (Å²) in [6.45, 7) is 8.29. The topological polar surface area (TPSA) is 70.1 Å². The van der Waals surface area contributed by atoms with Gasteiger partial charge >= 0.3 is 5.97 Å². The molecule has 1 aromatic heterocycles. The summed E-state index contributed by atoms with van der Waals surface area (Å²) >= 11 is 1.76. The maximum Gasteiger partial charge on any atom is 0.360 e. The molecular formula is C12H19N3O2S. The molecule has 0 atom stereocenters. The van der Waals surface area contributed by atoms with Crippen LogP contribution < -0.4 is 5.73 Å². The zero-order chi connectivity index (χ0) is 13.5. The lowest BCUT2D eigenvalue weighted by Crippen LogP contribution is -2.11. The minimum absolute atomic E-state index is 0.211. The SMILES string of the molecule is C=CCSCCn1c(C)nc(C(=O)OCC)c1N. The molecule has 1 aromatic rings. The van der Waals surface area contributed by atoms with Gasteiger partial charge in [0, 0.05) is 18.1 Å². The maximum absolute atomic E-state index is 11.6. The normalized spacial score (nSPS) is 10.3. The Balaban J connectivity index is 2.74. The number of anilines is 1. The van der Waals surface area contributed by atoms with Crippen LogP contribution in [-0.4, -0.2) is 33.6 Å². The van der Waals surface area contributed by atoms with Gasteiger partial charge in [0.05, 0.1) is 6.61 Å². The van der Waals surface area contributed by atoms with E-state index in [1.807, 2.05) is 17.6 Å². The smallest absolute Gasteiger partial charge is 0.360 e. The number of rotatable bonds is 7. The number of carbonyl (C=O) groups is 1. The molecule has 0 unspecified atom stereocenters. The van der Waals surface area contributed by atoms with E-state index in [1.54, 1.807) is 18.7 Å². The number of aromatic nitrogens is 2. The first kappa shape index (κ1) is 14.6. The molecule has 5 nitrogen and oxygen atoms in total. The highest BCUT2D eigenvalue weighted by Gasteiger charge is 2.19. The fourth-order valence-electron chi connectivity index (χ4n) is 1.54. The number of nitrogens with zero attached hydrogens (tertiary/aromatic N) is 2. The average Bonchev–Trinajstić information content (AvgIpc) is 2.62. The summed E-state index contributed by atoms with van der Waals surface area (Å²) in [5.74, 6) is 2.45. The summed E-state index contributed by atoms with van der Waals surface area (Å²) in [6.07, 6.45) is 1.86. The van der Waals surface area contributed by atoms with Crippen LogP contribution in [0.15, 0.2) is 12.7 Å². The molecule has 0 fully saturated rings. The van der Waals surface area contributed by atoms with Gasteiger partial charge in [0.1, 0.15) is 11.6 Å². The van der Waals surface area contributed by atoms with Crippen molar-refractivity contribution in [3.05, 3.63) is 24.2 Å². The Labute approximate surface area is 111 Å². The molecular weight excluding hydrogens is 250 g/mol. The average molecular weight is 269 g/mol. The molecule has 0 radical (unpaired) electrons. The highest BCUT2D eigenvalue weighted by Crippen LogP contribution is 2.16. The van der Waals surface area contributed by atoms with Crippen molar-refractivity contribution in [2.75, 3.05) is 23.8 Å². The number of esters is 1. The zero-order valence-corrected chi connectivity index (χ0v) is 11.6. The minimum atomic E-state index is -0.462. The van der Waals surface area contributed by atoms with Crippen molar-refractivity contribution >= 4 is 23.5 Å². The standard InChI is InChI=1S/C12H19N3O2S/c1-4-7-18-8-6-15-9(3)14-10(11(15)13)12(16)17-5-2/h4H,1,5-8,13H2,2-3H3. The minimum Gasteiger partial charge on any atom is -0.461 e. The highest BCUT2D eigenvalue weighted by atomic mass is 32.2. The van der Waals surface area contributed by atoms with Gasteiger partial charge in [-0.05, 0) is 13.8 Å². The Kier molecular flexibility index (Phi) is 5.77. The van der Waals surface area contributed by atoms with Crippen LogP contribution in [0.4, 0.5) is 5.82 Å². The number of thioether (sulfide) groups is 1. The van der Waals surface area contributed by atoms with Crippen molar-refractivity contribution < 1.29 is 9.53 Å². The van der Waals surface area contributed by atoms with E-state index in [9.17, 15) is 4.79 Å². The van der Waals surface area contributed by atoms with Gasteiger partial charge < -0.3 is 15.0 Å². The lowest BCUT2D eigenvalue weighted by molar-refractivity contribution is 0.0521. The van der Waals surface area contributed by atoms with Gasteiger partial charge in [0.2, 0.25) is 0 Å². The molecule has 1 rings (SSSR count). The highest BCUT2D eigenvalue weighted by molar-refractivity contribution is 7.99. The van der Waals surface area contributed by atoms with Crippen LogP contribution in [0.25, 0.3) is 0 Å². The molecule has 1 heterocycles. The number of imidazole rings is 1. The van der Waals surface area contributed by atoms with Gasteiger partial charge in [-0.25, -0.2) is 9.78 Å². The first-order valence-electron chi connectivity index (χ1n) is 5.80. The molecule has 0 bridgehead atoms. The summed E-state index contributed by atoms with van der Waals surface area (Å²) in [6, 6.07) is 0. The molecule has 2 N–H and O–H groups in total. The molecule has 0 aliphatic rings. The Bertz CT molecular complexity index is 429. The quantitative estimate of drug-likeness (QED) is 0.465. The molecule has 0 saturated carbocycles. The van der Waals surface area contributed by atoms with Crippen molar-refractivity contribution in [2.24, 2.45) is 0 Å². The molecule has 18 heavy (non-hydrogen) atoms. The van der Waals surface area contributed by atoms with E-state index in [2.05, 4.69) is 11.6 Å². The zero-order valence-electron chi connectivity index (χ0n) is 10.8. The summed E-state index contributed by atoms with van der Waals surface area (Å²) < 4.78 is 6.74. The van der Waals surface area contributed by atoms with Crippen LogP contribution in [0.5, 0.6) is 0 Å². The van der Waals surface area contributed by atoms with Gasteiger partial charge in [-0.1, -0.05) is 6.08 Å². The van der Waals surface area contributed by atoms with Crippen LogP contribution in [0.2, 0.25) is 0 Å². The van der Waals surface area contributed by atoms with E-state index >= 15 is 0 Å². The van der Waals surface area contributed by atoms with E-state index < -0.39 is 5.97 Å². The number of hydrogen-bond donors (Lipinski definition) is 1. The van der Waals surface area contributed by atoms with E-state index in [0.717, 1.165) is 23.9 Å². The number of carbonyl (C=O) groups excluding carboxylic acids is 1. The van der Waals surface area contributed by atoms with Gasteiger partial charge in [-0.3, -0.25) is 0 Å². The summed E-state index contributed by atoms with van der Waals surface area (Å²) in [5, 5.41) is 0. The van der Waals surface area contributed by atoms with E-state index in [-0.39, 0.29) is 5.69 Å². The molecule has 0 aliphatic carbocycles. The summed E-state index contributed by atoms with van der Waals surface area (Å²) in [4.78, 5) is 15.8. The van der Waals surface area contributed by atoms with Crippen molar-refractivity contribution in [2.45, 2.75) is 20.4 Å². The van der Waals surface area contributed by atoms with Crippen molar-refractivity contribution in [1.82, 2.24) is 9.55 Å². The Morgan fingerprint density at radius 1 is 1.67 bits per heavy atom. The third-order valence-electron chi connectivity index (χ3n) is 2.36. The van der Waals surface area contributed by atoms with Gasteiger partial charge in [0.25, 0.3) is 0 Å². The van der Waals surface area contributed by atoms with Crippen molar-refractivity contribution in [3.8, 4) is 0 Å². The second kappa shape index (κ2) is 7.10. The first-order valence-corrected chi connectivity index (χ1v) is 6.95. The predicted molar refractivity (Wildman–Crippen MR) is 74.9 cm³/mol. The van der Waals surface area contributed by atoms with Gasteiger partial charge in [-0.2, -0.15) is 11.8 Å². The Morgan fingerprint density at radius 3 is 3.00 bits per heavy atom. The summed E-state index contributed by atoms with van der Waals surface area (Å²) in [5.41, 5.74) is 6.13. The third-order valence-corrected chi connectivity index (χ3v) is 3.30. The van der Waals surface area contributed by atoms with Crippen LogP contribution in [0.3, 0.4) is 0 Å². The third kappa shape index (κ3) is 3.53. The molecule has 6 heteroatoms. The lowest BCUT2D eigenvalue weighted by atomic mass is 10.4. The molecule has 0 aliphatic heterocycles. The molecule has 0 aromatic carbocycles. The maximum atomic E-state index is 11.6. The molecule has 0 spiro atoms. The monoisotopic (exact) mass is 269 g/mol. The van der Waals surface area contributed by atoms with Crippen molar-refractivity contribution in [3.63, 3.8) is 0 Å².